The van der Waals surface area contributed by atoms with Crippen molar-refractivity contribution >= 4 is 26.8 Å². The van der Waals surface area contributed by atoms with Crippen LogP contribution in [-0.2, 0) is 19.6 Å². The Kier molecular flexibility index (Phi) is 3.64. The van der Waals surface area contributed by atoms with Gasteiger partial charge in [-0.25, -0.2) is 8.42 Å². The van der Waals surface area contributed by atoms with Crippen LogP contribution in [0.3, 0.4) is 0 Å². The summed E-state index contributed by atoms with van der Waals surface area (Å²) in [5.74, 6) is -1.23. The zero-order valence-corrected chi connectivity index (χ0v) is 12.5. The summed E-state index contributed by atoms with van der Waals surface area (Å²) in [5.41, 5.74) is -1.59. The van der Waals surface area contributed by atoms with Gasteiger partial charge < -0.3 is 9.84 Å². The summed E-state index contributed by atoms with van der Waals surface area (Å²) in [5, 5.41) is 11.0. The van der Waals surface area contributed by atoms with Gasteiger partial charge in [-0.15, -0.1) is 0 Å². The Bertz CT molecular complexity index is 825. The average molecular weight is 321 g/mol. The van der Waals surface area contributed by atoms with Crippen LogP contribution in [0.5, 0.6) is 0 Å². The third-order valence-corrected chi connectivity index (χ3v) is 5.33. The standard InChI is InChI=1S/C15H15NO5S/c17-14(18)15(7-8-21-10-15)16-22(19,20)13-6-5-11-3-1-2-4-12(11)9-13/h1-6,9,16H,7-8,10H2,(H,17,18). The van der Waals surface area contributed by atoms with E-state index in [-0.39, 0.29) is 24.5 Å². The number of sulfonamides is 1. The van der Waals surface area contributed by atoms with Crippen LogP contribution < -0.4 is 4.72 Å². The van der Waals surface area contributed by atoms with Crippen molar-refractivity contribution in [3.8, 4) is 0 Å². The van der Waals surface area contributed by atoms with Crippen LogP contribution in [0.2, 0.25) is 0 Å². The first-order valence-corrected chi connectivity index (χ1v) is 8.25. The molecule has 0 bridgehead atoms. The number of carboxylic acid groups (broad SMARTS) is 1. The summed E-state index contributed by atoms with van der Waals surface area (Å²) < 4.78 is 32.4. The maximum absolute atomic E-state index is 12.5. The van der Waals surface area contributed by atoms with Crippen LogP contribution >= 0.6 is 0 Å². The van der Waals surface area contributed by atoms with E-state index in [1.165, 1.54) is 12.1 Å². The van der Waals surface area contributed by atoms with E-state index >= 15 is 0 Å². The van der Waals surface area contributed by atoms with E-state index in [4.69, 9.17) is 4.74 Å². The van der Waals surface area contributed by atoms with Crippen molar-refractivity contribution in [2.24, 2.45) is 0 Å². The van der Waals surface area contributed by atoms with Crippen LogP contribution in [0.15, 0.2) is 47.4 Å². The van der Waals surface area contributed by atoms with E-state index in [0.29, 0.717) is 0 Å². The zero-order chi connectivity index (χ0) is 15.8. The second-order valence-electron chi connectivity index (χ2n) is 5.30. The molecule has 116 valence electrons. The number of aliphatic carboxylic acids is 1. The second-order valence-corrected chi connectivity index (χ2v) is 6.99. The number of rotatable bonds is 4. The Morgan fingerprint density at radius 3 is 2.55 bits per heavy atom. The van der Waals surface area contributed by atoms with Gasteiger partial charge in [-0.1, -0.05) is 30.3 Å². The van der Waals surface area contributed by atoms with Gasteiger partial charge in [0, 0.05) is 13.0 Å². The smallest absolute Gasteiger partial charge is 0.327 e. The SMILES string of the molecule is O=C(O)C1(NS(=O)(=O)c2ccc3ccccc3c2)CCOC1. The lowest BCUT2D eigenvalue weighted by Crippen LogP contribution is -2.54. The van der Waals surface area contributed by atoms with Gasteiger partial charge in [0.05, 0.1) is 11.5 Å². The molecule has 1 aliphatic heterocycles. The van der Waals surface area contributed by atoms with Crippen molar-refractivity contribution in [1.82, 2.24) is 4.72 Å². The Balaban J connectivity index is 1.99. The lowest BCUT2D eigenvalue weighted by atomic mass is 10.0. The molecule has 22 heavy (non-hydrogen) atoms. The Hall–Kier alpha value is -1.96. The molecule has 1 aliphatic rings. The Morgan fingerprint density at radius 1 is 1.18 bits per heavy atom. The first-order valence-electron chi connectivity index (χ1n) is 6.77. The number of carboxylic acids is 1. The summed E-state index contributed by atoms with van der Waals surface area (Å²) in [4.78, 5) is 11.5. The molecule has 1 unspecified atom stereocenters. The minimum Gasteiger partial charge on any atom is -0.480 e. The minimum atomic E-state index is -3.95. The number of benzene rings is 2. The van der Waals surface area contributed by atoms with Gasteiger partial charge in [-0.05, 0) is 22.9 Å². The highest BCUT2D eigenvalue weighted by Gasteiger charge is 2.46. The van der Waals surface area contributed by atoms with Gasteiger partial charge in [0.25, 0.3) is 0 Å². The maximum Gasteiger partial charge on any atom is 0.327 e. The molecule has 0 radical (unpaired) electrons. The van der Waals surface area contributed by atoms with Crippen molar-refractivity contribution in [3.63, 3.8) is 0 Å². The number of hydrogen-bond donors (Lipinski definition) is 2. The summed E-state index contributed by atoms with van der Waals surface area (Å²) in [7, 11) is -3.95. The van der Waals surface area contributed by atoms with Crippen LogP contribution in [0.4, 0.5) is 0 Å². The van der Waals surface area contributed by atoms with Crippen molar-refractivity contribution < 1.29 is 23.1 Å². The molecule has 2 aromatic carbocycles. The number of hydrogen-bond acceptors (Lipinski definition) is 4. The predicted octanol–water partition coefficient (Wildman–Crippen LogP) is 1.36. The zero-order valence-electron chi connectivity index (χ0n) is 11.7. The lowest BCUT2D eigenvalue weighted by molar-refractivity contribution is -0.144. The highest BCUT2D eigenvalue weighted by molar-refractivity contribution is 7.89. The number of nitrogens with one attached hydrogen (secondary N) is 1. The number of ether oxygens (including phenoxy) is 1. The van der Waals surface area contributed by atoms with Crippen LogP contribution in [0.25, 0.3) is 10.8 Å². The van der Waals surface area contributed by atoms with Gasteiger partial charge in [-0.2, -0.15) is 4.72 Å². The first-order chi connectivity index (χ1) is 10.4. The fourth-order valence-corrected chi connectivity index (χ4v) is 3.92. The van der Waals surface area contributed by atoms with Crippen molar-refractivity contribution in [1.29, 1.82) is 0 Å². The molecule has 0 aliphatic carbocycles. The monoisotopic (exact) mass is 321 g/mol. The predicted molar refractivity (Wildman–Crippen MR) is 80.1 cm³/mol. The first kappa shape index (κ1) is 15.0. The molecule has 6 nitrogen and oxygen atoms in total. The van der Waals surface area contributed by atoms with Gasteiger partial charge >= 0.3 is 5.97 Å². The molecular formula is C15H15NO5S. The highest BCUT2D eigenvalue weighted by Crippen LogP contribution is 2.24. The molecule has 0 saturated carbocycles. The fourth-order valence-electron chi connectivity index (χ4n) is 2.51. The third kappa shape index (κ3) is 2.58. The highest BCUT2D eigenvalue weighted by atomic mass is 32.2. The molecule has 2 aromatic rings. The normalized spacial score (nSPS) is 22.0. The average Bonchev–Trinajstić information content (AvgIpc) is 2.96. The second kappa shape index (κ2) is 5.35. The summed E-state index contributed by atoms with van der Waals surface area (Å²) in [6.45, 7) is 0.0433. The van der Waals surface area contributed by atoms with E-state index in [0.717, 1.165) is 10.8 Å². The molecule has 7 heteroatoms. The minimum absolute atomic E-state index is 0.0405. The Labute approximate surface area is 127 Å². The third-order valence-electron chi connectivity index (χ3n) is 3.79. The summed E-state index contributed by atoms with van der Waals surface area (Å²) >= 11 is 0. The molecule has 0 amide bonds. The van der Waals surface area contributed by atoms with Gasteiger partial charge in [-0.3, -0.25) is 4.79 Å². The van der Waals surface area contributed by atoms with E-state index in [2.05, 4.69) is 4.72 Å². The van der Waals surface area contributed by atoms with E-state index in [1.807, 2.05) is 18.2 Å². The largest absolute Gasteiger partial charge is 0.480 e. The molecule has 0 spiro atoms. The molecule has 1 saturated heterocycles. The molecule has 3 rings (SSSR count). The molecule has 1 fully saturated rings. The lowest BCUT2D eigenvalue weighted by Gasteiger charge is -2.23. The fraction of sp³-hybridized carbons (Fsp3) is 0.267. The van der Waals surface area contributed by atoms with E-state index in [1.54, 1.807) is 12.1 Å². The summed E-state index contributed by atoms with van der Waals surface area (Å²) in [6.07, 6.45) is 0.106. The number of fused-ring (bicyclic) bond motifs is 1. The van der Waals surface area contributed by atoms with Crippen molar-refractivity contribution in [2.75, 3.05) is 13.2 Å². The topological polar surface area (TPSA) is 92.7 Å². The molecule has 2 N–H and O–H groups in total. The molecule has 1 atom stereocenters. The van der Waals surface area contributed by atoms with E-state index in [9.17, 15) is 18.3 Å². The van der Waals surface area contributed by atoms with Crippen LogP contribution in [-0.4, -0.2) is 38.2 Å². The van der Waals surface area contributed by atoms with Gasteiger partial charge in [0.15, 0.2) is 5.54 Å². The van der Waals surface area contributed by atoms with E-state index < -0.39 is 21.5 Å². The van der Waals surface area contributed by atoms with Crippen LogP contribution in [0, 0.1) is 0 Å². The number of carbonyl (C=O) groups is 1. The van der Waals surface area contributed by atoms with Crippen LogP contribution in [0.1, 0.15) is 6.42 Å². The summed E-state index contributed by atoms with van der Waals surface area (Å²) in [6, 6.07) is 12.1. The molecular weight excluding hydrogens is 306 g/mol. The van der Waals surface area contributed by atoms with Crippen molar-refractivity contribution in [3.05, 3.63) is 42.5 Å². The quantitative estimate of drug-likeness (QED) is 0.887. The molecule has 1 heterocycles. The Morgan fingerprint density at radius 2 is 1.91 bits per heavy atom. The maximum atomic E-state index is 12.5. The van der Waals surface area contributed by atoms with Crippen molar-refractivity contribution in [2.45, 2.75) is 16.9 Å². The molecule has 0 aromatic heterocycles. The van der Waals surface area contributed by atoms with Gasteiger partial charge in [0.2, 0.25) is 10.0 Å². The van der Waals surface area contributed by atoms with Gasteiger partial charge in [0.1, 0.15) is 0 Å².